The van der Waals surface area contributed by atoms with E-state index in [1.54, 1.807) is 7.05 Å². The van der Waals surface area contributed by atoms with E-state index in [1.165, 1.54) is 16.7 Å². The van der Waals surface area contributed by atoms with Gasteiger partial charge in [-0.25, -0.2) is 0 Å². The molecular weight excluding hydrogens is 354 g/mol. The fourth-order valence-electron chi connectivity index (χ4n) is 2.23. The highest BCUT2D eigenvalue weighted by Crippen LogP contribution is 2.31. The second kappa shape index (κ2) is 8.18. The molecule has 25 heavy (non-hydrogen) atoms. The Morgan fingerprint density at radius 3 is 2.40 bits per heavy atom. The van der Waals surface area contributed by atoms with E-state index in [1.807, 2.05) is 60.7 Å². The van der Waals surface area contributed by atoms with Gasteiger partial charge in [0.1, 0.15) is 29.0 Å². The Balaban J connectivity index is 1.57. The summed E-state index contributed by atoms with van der Waals surface area (Å²) < 4.78 is 11.9. The maximum atomic E-state index is 12.1. The predicted molar refractivity (Wildman–Crippen MR) is 105 cm³/mol. The second-order valence-corrected chi connectivity index (χ2v) is 7.00. The van der Waals surface area contributed by atoms with E-state index in [0.717, 1.165) is 17.1 Å². The van der Waals surface area contributed by atoms with Crippen molar-refractivity contribution in [1.82, 2.24) is 4.90 Å². The van der Waals surface area contributed by atoms with Crippen LogP contribution in [0, 0.1) is 0 Å². The molecule has 0 saturated carbocycles. The van der Waals surface area contributed by atoms with Crippen molar-refractivity contribution in [3.8, 4) is 11.5 Å². The number of hydrogen-bond donors (Lipinski definition) is 0. The van der Waals surface area contributed by atoms with E-state index in [-0.39, 0.29) is 5.91 Å². The lowest BCUT2D eigenvalue weighted by atomic mass is 10.2. The van der Waals surface area contributed by atoms with Gasteiger partial charge < -0.3 is 9.47 Å². The van der Waals surface area contributed by atoms with Crippen molar-refractivity contribution in [2.45, 2.75) is 0 Å². The van der Waals surface area contributed by atoms with Gasteiger partial charge in [-0.15, -0.1) is 0 Å². The van der Waals surface area contributed by atoms with Crippen molar-refractivity contribution < 1.29 is 14.3 Å². The first-order chi connectivity index (χ1) is 12.1. The third-order valence-corrected chi connectivity index (χ3v) is 4.99. The minimum Gasteiger partial charge on any atom is -0.490 e. The standard InChI is InChI=1S/C19H17NO3S2/c1-20-18(21)17(25-19(20)24)13-14-6-5-9-16(12-14)23-11-10-22-15-7-3-2-4-8-15/h2-9,12-13H,10-11H2,1H3. The monoisotopic (exact) mass is 371 g/mol. The zero-order valence-electron chi connectivity index (χ0n) is 13.7. The van der Waals surface area contributed by atoms with Crippen LogP contribution in [0.5, 0.6) is 11.5 Å². The lowest BCUT2D eigenvalue weighted by Gasteiger charge is -2.09. The van der Waals surface area contributed by atoms with Crippen molar-refractivity contribution >= 4 is 40.3 Å². The highest BCUT2D eigenvalue weighted by Gasteiger charge is 2.28. The average Bonchev–Trinajstić information content (AvgIpc) is 2.87. The topological polar surface area (TPSA) is 38.8 Å². The van der Waals surface area contributed by atoms with Crippen LogP contribution in [0.2, 0.25) is 0 Å². The van der Waals surface area contributed by atoms with Gasteiger partial charge in [-0.1, -0.05) is 54.3 Å². The Kier molecular flexibility index (Phi) is 5.73. The van der Waals surface area contributed by atoms with Crippen LogP contribution >= 0.6 is 24.0 Å². The maximum Gasteiger partial charge on any atom is 0.265 e. The molecule has 1 fully saturated rings. The van der Waals surface area contributed by atoms with Gasteiger partial charge in [0.15, 0.2) is 0 Å². The molecule has 0 spiro atoms. The number of ether oxygens (including phenoxy) is 2. The first-order valence-corrected chi connectivity index (χ1v) is 8.98. The number of nitrogens with zero attached hydrogens (tertiary/aromatic N) is 1. The minimum atomic E-state index is -0.0717. The van der Waals surface area contributed by atoms with E-state index >= 15 is 0 Å². The van der Waals surface area contributed by atoms with Crippen LogP contribution in [0.15, 0.2) is 59.5 Å². The molecule has 6 heteroatoms. The SMILES string of the molecule is CN1C(=O)C(=Cc2cccc(OCCOc3ccccc3)c2)SC1=S. The van der Waals surface area contributed by atoms with Gasteiger partial charge in [-0.05, 0) is 35.9 Å². The average molecular weight is 371 g/mol. The predicted octanol–water partition coefficient (Wildman–Crippen LogP) is 3.98. The molecule has 1 amide bonds. The number of para-hydroxylation sites is 1. The van der Waals surface area contributed by atoms with E-state index in [9.17, 15) is 4.79 Å². The zero-order chi connectivity index (χ0) is 17.6. The Bertz CT molecular complexity index is 805. The summed E-state index contributed by atoms with van der Waals surface area (Å²) in [5.41, 5.74) is 0.899. The summed E-state index contributed by atoms with van der Waals surface area (Å²) >= 11 is 6.45. The summed E-state index contributed by atoms with van der Waals surface area (Å²) in [5, 5.41) is 0. The van der Waals surface area contributed by atoms with Crippen molar-refractivity contribution in [3.63, 3.8) is 0 Å². The Morgan fingerprint density at radius 2 is 1.72 bits per heavy atom. The van der Waals surface area contributed by atoms with Crippen LogP contribution in [-0.2, 0) is 4.79 Å². The molecule has 2 aromatic rings. The van der Waals surface area contributed by atoms with Crippen LogP contribution in [0.25, 0.3) is 6.08 Å². The molecule has 0 bridgehead atoms. The number of likely N-dealkylation sites (N-methyl/N-ethyl adjacent to an activating group) is 1. The molecule has 1 aliphatic heterocycles. The van der Waals surface area contributed by atoms with Gasteiger partial charge >= 0.3 is 0 Å². The quantitative estimate of drug-likeness (QED) is 0.436. The molecule has 0 aromatic heterocycles. The molecule has 1 aliphatic rings. The van der Waals surface area contributed by atoms with Gasteiger partial charge in [0, 0.05) is 7.05 Å². The number of thiocarbonyl (C=S) groups is 1. The van der Waals surface area contributed by atoms with E-state index < -0.39 is 0 Å². The lowest BCUT2D eigenvalue weighted by molar-refractivity contribution is -0.121. The summed E-state index contributed by atoms with van der Waals surface area (Å²) in [4.78, 5) is 14.2. The number of benzene rings is 2. The first kappa shape index (κ1) is 17.5. The highest BCUT2D eigenvalue weighted by molar-refractivity contribution is 8.26. The summed E-state index contributed by atoms with van der Waals surface area (Å²) in [7, 11) is 1.69. The normalized spacial score (nSPS) is 15.7. The largest absolute Gasteiger partial charge is 0.490 e. The number of carbonyl (C=O) groups excluding carboxylic acids is 1. The van der Waals surface area contributed by atoms with Gasteiger partial charge in [0.05, 0.1) is 4.91 Å². The summed E-state index contributed by atoms with van der Waals surface area (Å²) in [6.45, 7) is 0.901. The lowest BCUT2D eigenvalue weighted by Crippen LogP contribution is -2.22. The van der Waals surface area contributed by atoms with Crippen molar-refractivity contribution in [1.29, 1.82) is 0 Å². The van der Waals surface area contributed by atoms with Gasteiger partial charge in [-0.3, -0.25) is 9.69 Å². The second-order valence-electron chi connectivity index (χ2n) is 5.32. The summed E-state index contributed by atoms with van der Waals surface area (Å²) in [5.74, 6) is 1.48. The third kappa shape index (κ3) is 4.61. The molecule has 1 saturated heterocycles. The molecule has 0 unspecified atom stereocenters. The zero-order valence-corrected chi connectivity index (χ0v) is 15.3. The number of hydrogen-bond acceptors (Lipinski definition) is 5. The summed E-state index contributed by atoms with van der Waals surface area (Å²) in [6, 6.07) is 17.2. The number of thioether (sulfide) groups is 1. The van der Waals surface area contributed by atoms with Crippen LogP contribution in [-0.4, -0.2) is 35.4 Å². The van der Waals surface area contributed by atoms with Crippen molar-refractivity contribution in [3.05, 3.63) is 65.1 Å². The Hall–Kier alpha value is -2.31. The number of carbonyl (C=O) groups is 1. The molecule has 0 atom stereocenters. The van der Waals surface area contributed by atoms with Crippen LogP contribution in [0.4, 0.5) is 0 Å². The van der Waals surface area contributed by atoms with Crippen LogP contribution < -0.4 is 9.47 Å². The minimum absolute atomic E-state index is 0.0717. The van der Waals surface area contributed by atoms with Crippen LogP contribution in [0.1, 0.15) is 5.56 Å². The van der Waals surface area contributed by atoms with Gasteiger partial charge in [0.25, 0.3) is 5.91 Å². The molecule has 0 aliphatic carbocycles. The Morgan fingerprint density at radius 1 is 1.04 bits per heavy atom. The van der Waals surface area contributed by atoms with E-state index in [4.69, 9.17) is 21.7 Å². The molecular formula is C19H17NO3S2. The van der Waals surface area contributed by atoms with E-state index in [2.05, 4.69) is 0 Å². The van der Waals surface area contributed by atoms with Crippen LogP contribution in [0.3, 0.4) is 0 Å². The molecule has 3 rings (SSSR count). The van der Waals surface area contributed by atoms with Crippen molar-refractivity contribution in [2.75, 3.05) is 20.3 Å². The molecule has 128 valence electrons. The smallest absolute Gasteiger partial charge is 0.265 e. The van der Waals surface area contributed by atoms with Gasteiger partial charge in [0.2, 0.25) is 0 Å². The molecule has 4 nitrogen and oxygen atoms in total. The van der Waals surface area contributed by atoms with Gasteiger partial charge in [-0.2, -0.15) is 0 Å². The molecule has 1 heterocycles. The highest BCUT2D eigenvalue weighted by atomic mass is 32.2. The van der Waals surface area contributed by atoms with Crippen molar-refractivity contribution in [2.24, 2.45) is 0 Å². The third-order valence-electron chi connectivity index (χ3n) is 3.51. The Labute approximate surface area is 156 Å². The maximum absolute atomic E-state index is 12.1. The molecule has 0 radical (unpaired) electrons. The summed E-state index contributed by atoms with van der Waals surface area (Å²) in [6.07, 6.45) is 1.83. The molecule has 0 N–H and O–H groups in total. The van der Waals surface area contributed by atoms with E-state index in [0.29, 0.717) is 22.4 Å². The fraction of sp³-hybridized carbons (Fsp3) is 0.158. The number of rotatable bonds is 6. The first-order valence-electron chi connectivity index (χ1n) is 7.76. The number of amides is 1. The fourth-order valence-corrected chi connectivity index (χ4v) is 3.41. The molecule has 2 aromatic carbocycles.